The minimum Gasteiger partial charge on any atom is -0.497 e. The van der Waals surface area contributed by atoms with Crippen LogP contribution in [0.4, 0.5) is 0 Å². The van der Waals surface area contributed by atoms with Crippen molar-refractivity contribution in [2.24, 2.45) is 0 Å². The number of hydrogen-bond acceptors (Lipinski definition) is 7. The summed E-state index contributed by atoms with van der Waals surface area (Å²) in [5, 5.41) is 5.86. The Balaban J connectivity index is 1.64. The molecule has 0 fully saturated rings. The number of nitrogens with zero attached hydrogens (tertiary/aromatic N) is 4. The third-order valence-electron chi connectivity index (χ3n) is 5.21. The summed E-state index contributed by atoms with van der Waals surface area (Å²) >= 11 is 1.28. The zero-order chi connectivity index (χ0) is 22.2. The van der Waals surface area contributed by atoms with Gasteiger partial charge in [0, 0.05) is 11.6 Å². The van der Waals surface area contributed by atoms with Crippen LogP contribution < -0.4 is 16.0 Å². The van der Waals surface area contributed by atoms with Gasteiger partial charge in [0.15, 0.2) is 0 Å². The number of benzene rings is 2. The Morgan fingerprint density at radius 3 is 2.75 bits per heavy atom. The monoisotopic (exact) mass is 446 g/mol. The molecular formula is C23H18N4O4S. The zero-order valence-electron chi connectivity index (χ0n) is 17.3. The fourth-order valence-corrected chi connectivity index (χ4v) is 4.43. The second kappa shape index (κ2) is 7.93. The zero-order valence-corrected chi connectivity index (χ0v) is 18.1. The lowest BCUT2D eigenvalue weighted by Crippen LogP contribution is -2.38. The fourth-order valence-electron chi connectivity index (χ4n) is 3.60. The van der Waals surface area contributed by atoms with Gasteiger partial charge in [-0.05, 0) is 36.1 Å². The molecule has 0 saturated carbocycles. The van der Waals surface area contributed by atoms with Crippen LogP contribution in [0.1, 0.15) is 11.5 Å². The van der Waals surface area contributed by atoms with Crippen molar-refractivity contribution in [2.75, 3.05) is 7.11 Å². The van der Waals surface area contributed by atoms with Crippen molar-refractivity contribution >= 4 is 21.6 Å². The summed E-state index contributed by atoms with van der Waals surface area (Å²) in [7, 11) is 1.53. The Labute approximate surface area is 186 Å². The molecule has 0 amide bonds. The van der Waals surface area contributed by atoms with E-state index in [4.69, 9.17) is 9.26 Å². The van der Waals surface area contributed by atoms with Gasteiger partial charge in [0.05, 0.1) is 18.3 Å². The number of methoxy groups -OCH3 is 1. The molecule has 3 heterocycles. The SMILES string of the molecule is COc1cccc(-n2c(=O)c3sccc3n(Cc3nc(-c4ccccc4C)no3)c2=O)c1. The van der Waals surface area contributed by atoms with Gasteiger partial charge in [-0.1, -0.05) is 35.5 Å². The Morgan fingerprint density at radius 2 is 1.94 bits per heavy atom. The number of rotatable bonds is 5. The number of aromatic nitrogens is 4. The Bertz CT molecular complexity index is 1560. The van der Waals surface area contributed by atoms with E-state index in [2.05, 4.69) is 10.1 Å². The summed E-state index contributed by atoms with van der Waals surface area (Å²) in [5.41, 5.74) is 1.95. The number of ether oxygens (including phenoxy) is 1. The molecule has 0 spiro atoms. The molecule has 0 saturated heterocycles. The highest BCUT2D eigenvalue weighted by Crippen LogP contribution is 2.22. The van der Waals surface area contributed by atoms with Gasteiger partial charge in [0.2, 0.25) is 11.7 Å². The summed E-state index contributed by atoms with van der Waals surface area (Å²) in [4.78, 5) is 31.0. The first-order valence-corrected chi connectivity index (χ1v) is 10.7. The standard InChI is InChI=1S/C23H18N4O4S/c1-14-6-3-4-9-17(14)21-24-19(31-25-21)13-26-18-10-11-32-20(18)22(28)27(23(26)29)15-7-5-8-16(12-15)30-2/h3-12H,13H2,1-2H3. The first-order valence-electron chi connectivity index (χ1n) is 9.83. The lowest BCUT2D eigenvalue weighted by Gasteiger charge is -2.11. The van der Waals surface area contributed by atoms with Crippen LogP contribution in [0.5, 0.6) is 5.75 Å². The molecule has 9 heteroatoms. The third-order valence-corrected chi connectivity index (χ3v) is 6.11. The van der Waals surface area contributed by atoms with E-state index in [9.17, 15) is 9.59 Å². The molecule has 32 heavy (non-hydrogen) atoms. The molecule has 0 unspecified atom stereocenters. The van der Waals surface area contributed by atoms with Crippen molar-refractivity contribution in [3.8, 4) is 22.8 Å². The summed E-state index contributed by atoms with van der Waals surface area (Å²) in [6.07, 6.45) is 0. The molecule has 0 aliphatic heterocycles. The quantitative estimate of drug-likeness (QED) is 0.409. The van der Waals surface area contributed by atoms with Crippen molar-refractivity contribution in [1.29, 1.82) is 0 Å². The molecule has 8 nitrogen and oxygen atoms in total. The van der Waals surface area contributed by atoms with Crippen molar-refractivity contribution in [2.45, 2.75) is 13.5 Å². The number of thiophene rings is 1. The lowest BCUT2D eigenvalue weighted by molar-refractivity contribution is 0.370. The van der Waals surface area contributed by atoms with E-state index in [1.54, 1.807) is 35.7 Å². The Morgan fingerprint density at radius 1 is 1.09 bits per heavy atom. The second-order valence-corrected chi connectivity index (χ2v) is 8.09. The average molecular weight is 446 g/mol. The minimum atomic E-state index is -0.496. The molecule has 0 aliphatic carbocycles. The van der Waals surface area contributed by atoms with Gasteiger partial charge in [-0.2, -0.15) is 4.98 Å². The highest BCUT2D eigenvalue weighted by Gasteiger charge is 2.19. The van der Waals surface area contributed by atoms with E-state index in [0.717, 1.165) is 15.7 Å². The predicted molar refractivity (Wildman–Crippen MR) is 122 cm³/mol. The summed E-state index contributed by atoms with van der Waals surface area (Å²) in [6, 6.07) is 16.3. The van der Waals surface area contributed by atoms with Crippen molar-refractivity contribution in [3.05, 3.63) is 92.3 Å². The fraction of sp³-hybridized carbons (Fsp3) is 0.130. The van der Waals surface area contributed by atoms with Crippen LogP contribution in [0.15, 0.2) is 74.1 Å². The number of fused-ring (bicyclic) bond motifs is 1. The summed E-state index contributed by atoms with van der Waals surface area (Å²) < 4.78 is 13.8. The Kier molecular flexibility index (Phi) is 4.95. The van der Waals surface area contributed by atoms with Crippen LogP contribution in [0.25, 0.3) is 27.3 Å². The molecule has 0 radical (unpaired) electrons. The maximum atomic E-state index is 13.4. The molecule has 0 aliphatic rings. The maximum absolute atomic E-state index is 13.4. The lowest BCUT2D eigenvalue weighted by atomic mass is 10.1. The van der Waals surface area contributed by atoms with Crippen LogP contribution in [0.3, 0.4) is 0 Å². The van der Waals surface area contributed by atoms with Crippen molar-refractivity contribution < 1.29 is 9.26 Å². The minimum absolute atomic E-state index is 0.0369. The smallest absolute Gasteiger partial charge is 0.336 e. The van der Waals surface area contributed by atoms with E-state index in [0.29, 0.717) is 27.5 Å². The number of aryl methyl sites for hydroxylation is 1. The number of hydrogen-bond donors (Lipinski definition) is 0. The molecule has 0 N–H and O–H groups in total. The van der Waals surface area contributed by atoms with E-state index < -0.39 is 5.69 Å². The van der Waals surface area contributed by atoms with Gasteiger partial charge in [-0.15, -0.1) is 11.3 Å². The normalized spacial score (nSPS) is 11.2. The van der Waals surface area contributed by atoms with Crippen LogP contribution in [0, 0.1) is 6.92 Å². The molecule has 5 rings (SSSR count). The van der Waals surface area contributed by atoms with Crippen LogP contribution in [-0.4, -0.2) is 26.4 Å². The van der Waals surface area contributed by atoms with E-state index >= 15 is 0 Å². The van der Waals surface area contributed by atoms with Gasteiger partial charge in [0.1, 0.15) is 17.0 Å². The topological polar surface area (TPSA) is 92.2 Å². The van der Waals surface area contributed by atoms with Gasteiger partial charge in [-0.25, -0.2) is 9.36 Å². The molecule has 3 aromatic heterocycles. The molecular weight excluding hydrogens is 428 g/mol. The predicted octanol–water partition coefficient (Wildman–Crippen LogP) is 3.63. The van der Waals surface area contributed by atoms with Crippen molar-refractivity contribution in [1.82, 2.24) is 19.3 Å². The van der Waals surface area contributed by atoms with Crippen LogP contribution in [0.2, 0.25) is 0 Å². The Hall–Kier alpha value is -3.98. The van der Waals surface area contributed by atoms with Gasteiger partial charge < -0.3 is 9.26 Å². The molecule has 0 atom stereocenters. The van der Waals surface area contributed by atoms with Gasteiger partial charge >= 0.3 is 5.69 Å². The average Bonchev–Trinajstić information content (AvgIpc) is 3.47. The van der Waals surface area contributed by atoms with E-state index in [1.807, 2.05) is 31.2 Å². The second-order valence-electron chi connectivity index (χ2n) is 7.17. The van der Waals surface area contributed by atoms with E-state index in [1.165, 1.54) is 23.0 Å². The van der Waals surface area contributed by atoms with Crippen molar-refractivity contribution in [3.63, 3.8) is 0 Å². The van der Waals surface area contributed by atoms with E-state index in [-0.39, 0.29) is 18.0 Å². The molecule has 160 valence electrons. The first-order chi connectivity index (χ1) is 15.6. The highest BCUT2D eigenvalue weighted by molar-refractivity contribution is 7.17. The molecule has 5 aromatic rings. The van der Waals surface area contributed by atoms with Crippen LogP contribution in [-0.2, 0) is 6.54 Å². The first kappa shape index (κ1) is 20.0. The van der Waals surface area contributed by atoms with Gasteiger partial charge in [-0.3, -0.25) is 9.36 Å². The largest absolute Gasteiger partial charge is 0.497 e. The maximum Gasteiger partial charge on any atom is 0.336 e. The molecule has 0 bridgehead atoms. The van der Waals surface area contributed by atoms with Crippen LogP contribution >= 0.6 is 11.3 Å². The highest BCUT2D eigenvalue weighted by atomic mass is 32.1. The third kappa shape index (κ3) is 3.32. The summed E-state index contributed by atoms with van der Waals surface area (Å²) in [6.45, 7) is 2.00. The summed E-state index contributed by atoms with van der Waals surface area (Å²) in [5.74, 6) is 1.27. The van der Waals surface area contributed by atoms with Gasteiger partial charge in [0.25, 0.3) is 5.56 Å². The molecule has 2 aromatic carbocycles.